The van der Waals surface area contributed by atoms with Crippen molar-refractivity contribution in [1.29, 1.82) is 0 Å². The monoisotopic (exact) mass is 135 g/mol. The molecule has 0 unspecified atom stereocenters. The van der Waals surface area contributed by atoms with Crippen LogP contribution < -0.4 is 0 Å². The van der Waals surface area contributed by atoms with Crippen molar-refractivity contribution in [3.63, 3.8) is 0 Å². The van der Waals surface area contributed by atoms with E-state index in [9.17, 15) is 0 Å². The van der Waals surface area contributed by atoms with Crippen LogP contribution in [-0.2, 0) is 5.41 Å². The lowest BCUT2D eigenvalue weighted by Crippen LogP contribution is -2.30. The minimum Gasteiger partial charge on any atom is -0.365 e. The fourth-order valence-corrected chi connectivity index (χ4v) is 1.68. The highest BCUT2D eigenvalue weighted by atomic mass is 14.7. The fraction of sp³-hybridized carbons (Fsp3) is 0.556. The molecule has 0 radical (unpaired) electrons. The molecule has 1 aliphatic carbocycles. The van der Waals surface area contributed by atoms with Crippen LogP contribution in [0.2, 0.25) is 0 Å². The summed E-state index contributed by atoms with van der Waals surface area (Å²) in [4.78, 5) is 3.28. The molecule has 0 atom stereocenters. The van der Waals surface area contributed by atoms with Gasteiger partial charge in [0.2, 0.25) is 0 Å². The molecule has 54 valence electrons. The highest BCUT2D eigenvalue weighted by Crippen LogP contribution is 2.41. The number of H-pyrrole nitrogens is 1. The topological polar surface area (TPSA) is 15.8 Å². The molecule has 1 N–H and O–H groups in total. The maximum absolute atomic E-state index is 3.28. The summed E-state index contributed by atoms with van der Waals surface area (Å²) in [7, 11) is 0. The molecule has 1 saturated carbocycles. The summed E-state index contributed by atoms with van der Waals surface area (Å²) in [5, 5.41) is 0. The van der Waals surface area contributed by atoms with Gasteiger partial charge in [-0.25, -0.2) is 0 Å². The molecule has 1 aromatic rings. The van der Waals surface area contributed by atoms with Gasteiger partial charge in [0, 0.05) is 17.3 Å². The molecule has 0 saturated heterocycles. The third-order valence-electron chi connectivity index (χ3n) is 2.71. The first-order valence-electron chi connectivity index (χ1n) is 3.95. The number of nitrogens with one attached hydrogen (secondary N) is 1. The number of aromatic nitrogens is 1. The van der Waals surface area contributed by atoms with Gasteiger partial charge in [0.1, 0.15) is 0 Å². The zero-order valence-electron chi connectivity index (χ0n) is 6.35. The summed E-state index contributed by atoms with van der Waals surface area (Å²) in [6.45, 7) is 2.34. The first-order valence-corrected chi connectivity index (χ1v) is 3.95. The Hall–Kier alpha value is -0.720. The summed E-state index contributed by atoms with van der Waals surface area (Å²) in [6.07, 6.45) is 6.12. The van der Waals surface area contributed by atoms with Crippen molar-refractivity contribution in [2.75, 3.05) is 0 Å². The second kappa shape index (κ2) is 1.88. The van der Waals surface area contributed by atoms with Crippen molar-refractivity contribution in [1.82, 2.24) is 4.98 Å². The molecule has 10 heavy (non-hydrogen) atoms. The van der Waals surface area contributed by atoms with Crippen LogP contribution in [0.4, 0.5) is 0 Å². The van der Waals surface area contributed by atoms with Crippen LogP contribution in [0.1, 0.15) is 31.9 Å². The van der Waals surface area contributed by atoms with Crippen molar-refractivity contribution in [3.8, 4) is 0 Å². The van der Waals surface area contributed by atoms with Gasteiger partial charge >= 0.3 is 0 Å². The Morgan fingerprint density at radius 2 is 2.30 bits per heavy atom. The van der Waals surface area contributed by atoms with Crippen molar-refractivity contribution in [2.45, 2.75) is 31.6 Å². The third kappa shape index (κ3) is 0.698. The SMILES string of the molecule is CC1(c2ccc[nH]2)CCC1. The van der Waals surface area contributed by atoms with E-state index in [1.165, 1.54) is 25.0 Å². The smallest absolute Gasteiger partial charge is 0.0207 e. The Balaban J connectivity index is 2.27. The van der Waals surface area contributed by atoms with E-state index >= 15 is 0 Å². The molecule has 1 aliphatic rings. The van der Waals surface area contributed by atoms with Crippen LogP contribution in [0.3, 0.4) is 0 Å². The lowest BCUT2D eigenvalue weighted by atomic mass is 9.68. The van der Waals surface area contributed by atoms with Gasteiger partial charge in [0.05, 0.1) is 0 Å². The first kappa shape index (κ1) is 6.02. The average molecular weight is 135 g/mol. The Labute approximate surface area is 61.5 Å². The van der Waals surface area contributed by atoms with Gasteiger partial charge in [0.15, 0.2) is 0 Å². The second-order valence-corrected chi connectivity index (χ2v) is 3.50. The zero-order valence-corrected chi connectivity index (χ0v) is 6.35. The molecule has 2 rings (SSSR count). The Kier molecular flexibility index (Phi) is 1.13. The van der Waals surface area contributed by atoms with Crippen LogP contribution >= 0.6 is 0 Å². The van der Waals surface area contributed by atoms with Gasteiger partial charge in [-0.3, -0.25) is 0 Å². The summed E-state index contributed by atoms with van der Waals surface area (Å²) < 4.78 is 0. The van der Waals surface area contributed by atoms with E-state index in [0.29, 0.717) is 5.41 Å². The van der Waals surface area contributed by atoms with Gasteiger partial charge in [-0.05, 0) is 25.0 Å². The standard InChI is InChI=1S/C9H13N/c1-9(5-3-6-9)8-4-2-7-10-8/h2,4,7,10H,3,5-6H2,1H3. The summed E-state index contributed by atoms with van der Waals surface area (Å²) in [5.41, 5.74) is 1.91. The molecular weight excluding hydrogens is 122 g/mol. The van der Waals surface area contributed by atoms with Gasteiger partial charge in [-0.2, -0.15) is 0 Å². The van der Waals surface area contributed by atoms with Crippen molar-refractivity contribution >= 4 is 0 Å². The highest BCUT2D eigenvalue weighted by Gasteiger charge is 2.33. The van der Waals surface area contributed by atoms with E-state index in [1.807, 2.05) is 6.20 Å². The lowest BCUT2D eigenvalue weighted by molar-refractivity contribution is 0.265. The Bertz CT molecular complexity index is 207. The second-order valence-electron chi connectivity index (χ2n) is 3.50. The molecular formula is C9H13N. The maximum atomic E-state index is 3.28. The van der Waals surface area contributed by atoms with E-state index < -0.39 is 0 Å². The zero-order chi connectivity index (χ0) is 7.03. The minimum atomic E-state index is 0.490. The minimum absolute atomic E-state index is 0.490. The number of hydrogen-bond donors (Lipinski definition) is 1. The molecule has 0 spiro atoms. The molecule has 1 heteroatoms. The van der Waals surface area contributed by atoms with Crippen molar-refractivity contribution in [2.24, 2.45) is 0 Å². The van der Waals surface area contributed by atoms with Gasteiger partial charge in [-0.1, -0.05) is 13.3 Å². The van der Waals surface area contributed by atoms with Crippen LogP contribution in [0.25, 0.3) is 0 Å². The molecule has 0 amide bonds. The van der Waals surface area contributed by atoms with E-state index in [1.54, 1.807) is 0 Å². The highest BCUT2D eigenvalue weighted by molar-refractivity contribution is 5.19. The summed E-state index contributed by atoms with van der Waals surface area (Å²) >= 11 is 0. The van der Waals surface area contributed by atoms with E-state index in [2.05, 4.69) is 24.0 Å². The predicted octanol–water partition coefficient (Wildman–Crippen LogP) is 2.46. The maximum Gasteiger partial charge on any atom is 0.0207 e. The normalized spacial score (nSPS) is 22.1. The molecule has 1 fully saturated rings. The molecule has 0 aliphatic heterocycles. The molecule has 0 aromatic carbocycles. The van der Waals surface area contributed by atoms with Crippen LogP contribution in [0.15, 0.2) is 18.3 Å². The van der Waals surface area contributed by atoms with Crippen LogP contribution in [-0.4, -0.2) is 4.98 Å². The average Bonchev–Trinajstić information content (AvgIpc) is 2.33. The first-order chi connectivity index (χ1) is 4.81. The Morgan fingerprint density at radius 3 is 2.70 bits per heavy atom. The quantitative estimate of drug-likeness (QED) is 0.608. The van der Waals surface area contributed by atoms with Crippen molar-refractivity contribution < 1.29 is 0 Å². The Morgan fingerprint density at radius 1 is 1.50 bits per heavy atom. The number of aromatic amines is 1. The van der Waals surface area contributed by atoms with E-state index in [-0.39, 0.29) is 0 Å². The summed E-state index contributed by atoms with van der Waals surface area (Å²) in [6, 6.07) is 4.28. The largest absolute Gasteiger partial charge is 0.365 e. The number of hydrogen-bond acceptors (Lipinski definition) is 0. The molecule has 1 nitrogen and oxygen atoms in total. The molecule has 0 bridgehead atoms. The van der Waals surface area contributed by atoms with E-state index in [0.717, 1.165) is 0 Å². The van der Waals surface area contributed by atoms with Gasteiger partial charge in [-0.15, -0.1) is 0 Å². The predicted molar refractivity (Wildman–Crippen MR) is 42.0 cm³/mol. The van der Waals surface area contributed by atoms with Gasteiger partial charge in [0.25, 0.3) is 0 Å². The van der Waals surface area contributed by atoms with E-state index in [4.69, 9.17) is 0 Å². The number of rotatable bonds is 1. The van der Waals surface area contributed by atoms with Crippen LogP contribution in [0.5, 0.6) is 0 Å². The summed E-state index contributed by atoms with van der Waals surface area (Å²) in [5.74, 6) is 0. The lowest BCUT2D eigenvalue weighted by Gasteiger charge is -2.37. The van der Waals surface area contributed by atoms with Gasteiger partial charge < -0.3 is 4.98 Å². The molecule has 1 aromatic heterocycles. The van der Waals surface area contributed by atoms with Crippen molar-refractivity contribution in [3.05, 3.63) is 24.0 Å². The molecule has 1 heterocycles. The fourth-order valence-electron chi connectivity index (χ4n) is 1.68. The third-order valence-corrected chi connectivity index (χ3v) is 2.71. The van der Waals surface area contributed by atoms with Crippen LogP contribution in [0, 0.1) is 0 Å².